The van der Waals surface area contributed by atoms with Gasteiger partial charge in [0, 0.05) is 32.0 Å². The van der Waals surface area contributed by atoms with Crippen LogP contribution >= 0.6 is 0 Å². The summed E-state index contributed by atoms with van der Waals surface area (Å²) in [5, 5.41) is 4.08. The van der Waals surface area contributed by atoms with E-state index in [2.05, 4.69) is 10.1 Å². The Balaban J connectivity index is 1.24. The SMILES string of the molecule is O=C(C1CCCCC1)N1CCC(c2nc(CCOCC3CC3)no2)C1. The normalized spacial score (nSPS) is 24.8. The standard InChI is InChI=1S/C19H29N3O3/c23-19(15-4-2-1-3-5-15)22-10-8-16(12-22)18-20-17(21-25-18)9-11-24-13-14-6-7-14/h14-16H,1-13H2. The number of nitrogens with zero attached hydrogens (tertiary/aromatic N) is 3. The number of ether oxygens (including phenoxy) is 1. The molecule has 0 bridgehead atoms. The van der Waals surface area contributed by atoms with Crippen LogP contribution in [0.15, 0.2) is 4.52 Å². The van der Waals surface area contributed by atoms with Crippen LogP contribution in [0, 0.1) is 11.8 Å². The molecular formula is C19H29N3O3. The zero-order valence-corrected chi connectivity index (χ0v) is 15.0. The highest BCUT2D eigenvalue weighted by Gasteiger charge is 2.34. The first-order valence-corrected chi connectivity index (χ1v) is 9.98. The highest BCUT2D eigenvalue weighted by molar-refractivity contribution is 5.79. The third-order valence-corrected chi connectivity index (χ3v) is 5.81. The summed E-state index contributed by atoms with van der Waals surface area (Å²) in [5.41, 5.74) is 0. The van der Waals surface area contributed by atoms with Crippen LogP contribution in [-0.2, 0) is 16.0 Å². The van der Waals surface area contributed by atoms with Crippen molar-refractivity contribution in [2.24, 2.45) is 11.8 Å². The Kier molecular flexibility index (Phi) is 5.34. The van der Waals surface area contributed by atoms with Gasteiger partial charge in [-0.05, 0) is 38.0 Å². The number of rotatable bonds is 7. The number of aromatic nitrogens is 2. The molecule has 0 aromatic carbocycles. The Bertz CT molecular complexity index is 578. The lowest BCUT2D eigenvalue weighted by molar-refractivity contribution is -0.135. The van der Waals surface area contributed by atoms with Crippen LogP contribution in [0.2, 0.25) is 0 Å². The van der Waals surface area contributed by atoms with E-state index in [-0.39, 0.29) is 11.8 Å². The summed E-state index contributed by atoms with van der Waals surface area (Å²) in [6.07, 6.45) is 10.0. The summed E-state index contributed by atoms with van der Waals surface area (Å²) in [6, 6.07) is 0. The maximum atomic E-state index is 12.7. The second-order valence-corrected chi connectivity index (χ2v) is 7.92. The van der Waals surface area contributed by atoms with Crippen molar-refractivity contribution in [3.05, 3.63) is 11.7 Å². The van der Waals surface area contributed by atoms with Crippen molar-refractivity contribution in [3.8, 4) is 0 Å². The van der Waals surface area contributed by atoms with Gasteiger partial charge in [0.25, 0.3) is 0 Å². The molecule has 1 amide bonds. The van der Waals surface area contributed by atoms with Gasteiger partial charge in [-0.15, -0.1) is 0 Å². The number of hydrogen-bond donors (Lipinski definition) is 0. The number of likely N-dealkylation sites (tertiary alicyclic amines) is 1. The second-order valence-electron chi connectivity index (χ2n) is 7.92. The van der Waals surface area contributed by atoms with Gasteiger partial charge in [0.15, 0.2) is 5.82 Å². The Hall–Kier alpha value is -1.43. The van der Waals surface area contributed by atoms with Gasteiger partial charge in [-0.3, -0.25) is 4.79 Å². The molecule has 0 N–H and O–H groups in total. The number of amides is 1. The molecule has 2 saturated carbocycles. The maximum absolute atomic E-state index is 12.7. The van der Waals surface area contributed by atoms with Gasteiger partial charge >= 0.3 is 0 Å². The largest absolute Gasteiger partial charge is 0.381 e. The Morgan fingerprint density at radius 2 is 2.00 bits per heavy atom. The lowest BCUT2D eigenvalue weighted by Gasteiger charge is -2.26. The van der Waals surface area contributed by atoms with Crippen molar-refractivity contribution < 1.29 is 14.1 Å². The fourth-order valence-electron chi connectivity index (χ4n) is 4.00. The predicted molar refractivity (Wildman–Crippen MR) is 92.1 cm³/mol. The first-order valence-electron chi connectivity index (χ1n) is 9.98. The summed E-state index contributed by atoms with van der Waals surface area (Å²) in [7, 11) is 0. The van der Waals surface area contributed by atoms with Gasteiger partial charge in [-0.25, -0.2) is 0 Å². The molecule has 6 nitrogen and oxygen atoms in total. The highest BCUT2D eigenvalue weighted by Crippen LogP contribution is 2.31. The summed E-state index contributed by atoms with van der Waals surface area (Å²) >= 11 is 0. The van der Waals surface area contributed by atoms with Crippen LogP contribution in [0.1, 0.15) is 69.0 Å². The van der Waals surface area contributed by atoms with E-state index in [1.54, 1.807) is 0 Å². The van der Waals surface area contributed by atoms with Gasteiger partial charge < -0.3 is 14.2 Å². The van der Waals surface area contributed by atoms with E-state index >= 15 is 0 Å². The maximum Gasteiger partial charge on any atom is 0.231 e. The molecule has 1 aliphatic heterocycles. The quantitative estimate of drug-likeness (QED) is 0.709. The average Bonchev–Trinajstić information content (AvgIpc) is 3.15. The van der Waals surface area contributed by atoms with Crippen molar-refractivity contribution >= 4 is 5.91 Å². The molecule has 2 heterocycles. The summed E-state index contributed by atoms with van der Waals surface area (Å²) in [6.45, 7) is 3.08. The van der Waals surface area contributed by atoms with E-state index in [4.69, 9.17) is 9.26 Å². The molecule has 1 aromatic heterocycles. The predicted octanol–water partition coefficient (Wildman–Crippen LogP) is 2.93. The molecule has 1 atom stereocenters. The molecule has 1 unspecified atom stereocenters. The summed E-state index contributed by atoms with van der Waals surface area (Å²) in [5.74, 6) is 2.98. The van der Waals surface area contributed by atoms with E-state index < -0.39 is 0 Å². The van der Waals surface area contributed by atoms with Crippen LogP contribution in [0.25, 0.3) is 0 Å². The topological polar surface area (TPSA) is 68.5 Å². The second kappa shape index (κ2) is 7.85. The minimum atomic E-state index is 0.196. The van der Waals surface area contributed by atoms with E-state index in [9.17, 15) is 4.79 Å². The first-order chi connectivity index (χ1) is 12.3. The molecule has 3 aliphatic rings. The minimum absolute atomic E-state index is 0.196. The highest BCUT2D eigenvalue weighted by atomic mass is 16.5. The van der Waals surface area contributed by atoms with Crippen molar-refractivity contribution in [2.75, 3.05) is 26.3 Å². The van der Waals surface area contributed by atoms with E-state index in [0.717, 1.165) is 50.7 Å². The number of carbonyl (C=O) groups excluding carboxylic acids is 1. The fraction of sp³-hybridized carbons (Fsp3) is 0.842. The molecule has 4 rings (SSSR count). The molecule has 138 valence electrons. The average molecular weight is 347 g/mol. The van der Waals surface area contributed by atoms with Crippen LogP contribution in [0.4, 0.5) is 0 Å². The molecule has 25 heavy (non-hydrogen) atoms. The fourth-order valence-corrected chi connectivity index (χ4v) is 4.00. The summed E-state index contributed by atoms with van der Waals surface area (Å²) < 4.78 is 11.1. The van der Waals surface area contributed by atoms with Crippen molar-refractivity contribution in [2.45, 2.75) is 63.7 Å². The van der Waals surface area contributed by atoms with Crippen molar-refractivity contribution in [1.29, 1.82) is 0 Å². The zero-order chi connectivity index (χ0) is 17.1. The lowest BCUT2D eigenvalue weighted by atomic mass is 9.88. The van der Waals surface area contributed by atoms with Gasteiger partial charge in [0.1, 0.15) is 0 Å². The van der Waals surface area contributed by atoms with Crippen molar-refractivity contribution in [1.82, 2.24) is 15.0 Å². The third kappa shape index (κ3) is 4.40. The molecule has 3 fully saturated rings. The Labute approximate surface area is 149 Å². The van der Waals surface area contributed by atoms with Crippen LogP contribution in [-0.4, -0.2) is 47.3 Å². The summed E-state index contributed by atoms with van der Waals surface area (Å²) in [4.78, 5) is 19.2. The molecule has 2 aliphatic carbocycles. The molecule has 1 saturated heterocycles. The first kappa shape index (κ1) is 17.0. The van der Waals surface area contributed by atoms with E-state index in [0.29, 0.717) is 24.8 Å². The number of hydrogen-bond acceptors (Lipinski definition) is 5. The van der Waals surface area contributed by atoms with Gasteiger partial charge in [0.2, 0.25) is 11.8 Å². The molecule has 0 spiro atoms. The smallest absolute Gasteiger partial charge is 0.231 e. The van der Waals surface area contributed by atoms with E-state index in [1.807, 2.05) is 4.90 Å². The molecule has 1 aromatic rings. The van der Waals surface area contributed by atoms with Gasteiger partial charge in [-0.2, -0.15) is 4.98 Å². The molecule has 0 radical (unpaired) electrons. The van der Waals surface area contributed by atoms with Gasteiger partial charge in [0.05, 0.1) is 12.5 Å². The Morgan fingerprint density at radius 1 is 1.16 bits per heavy atom. The monoisotopic (exact) mass is 347 g/mol. The van der Waals surface area contributed by atoms with Crippen LogP contribution in [0.3, 0.4) is 0 Å². The zero-order valence-electron chi connectivity index (χ0n) is 15.0. The molecule has 6 heteroatoms. The van der Waals surface area contributed by atoms with E-state index in [1.165, 1.54) is 32.1 Å². The minimum Gasteiger partial charge on any atom is -0.381 e. The number of carbonyl (C=O) groups is 1. The van der Waals surface area contributed by atoms with Gasteiger partial charge in [-0.1, -0.05) is 24.4 Å². The lowest BCUT2D eigenvalue weighted by Crippen LogP contribution is -2.35. The third-order valence-electron chi connectivity index (χ3n) is 5.81. The van der Waals surface area contributed by atoms with Crippen LogP contribution < -0.4 is 0 Å². The Morgan fingerprint density at radius 3 is 2.80 bits per heavy atom. The van der Waals surface area contributed by atoms with Crippen molar-refractivity contribution in [3.63, 3.8) is 0 Å². The molecular weight excluding hydrogens is 318 g/mol. The van der Waals surface area contributed by atoms with Crippen LogP contribution in [0.5, 0.6) is 0 Å².